The van der Waals surface area contributed by atoms with Gasteiger partial charge in [0, 0.05) is 12.5 Å². The first-order valence-corrected chi connectivity index (χ1v) is 3.14. The van der Waals surface area contributed by atoms with Crippen LogP contribution >= 0.6 is 12.4 Å². The molecule has 0 spiro atoms. The van der Waals surface area contributed by atoms with Crippen molar-refractivity contribution in [2.75, 3.05) is 13.2 Å². The van der Waals surface area contributed by atoms with E-state index < -0.39 is 0 Å². The highest BCUT2D eigenvalue weighted by Gasteiger charge is 2.20. The van der Waals surface area contributed by atoms with Gasteiger partial charge in [0.1, 0.15) is 0 Å². The Morgan fingerprint density at radius 3 is 2.80 bits per heavy atom. The van der Waals surface area contributed by atoms with Gasteiger partial charge >= 0.3 is 0 Å². The van der Waals surface area contributed by atoms with E-state index in [1.54, 1.807) is 0 Å². The average molecular weight is 162 g/mol. The van der Waals surface area contributed by atoms with Crippen molar-refractivity contribution in [1.29, 1.82) is 0 Å². The van der Waals surface area contributed by atoms with Gasteiger partial charge in [-0.25, -0.2) is 0 Å². The minimum atomic E-state index is -0.104. The highest BCUT2D eigenvalue weighted by atomic mass is 35.5. The van der Waals surface area contributed by atoms with E-state index in [9.17, 15) is 0 Å². The van der Waals surface area contributed by atoms with Gasteiger partial charge in [-0.2, -0.15) is 0 Å². The van der Waals surface area contributed by atoms with E-state index in [4.69, 9.17) is 16.9 Å². The Morgan fingerprint density at radius 1 is 1.70 bits per heavy atom. The molecule has 10 heavy (non-hydrogen) atoms. The standard InChI is InChI=1S/C7H11NO.ClH/c1-2-7(8)6-3-4-9-5-6;/h1,6-7H,3-5,8H2;1H. The van der Waals surface area contributed by atoms with Crippen LogP contribution in [0.2, 0.25) is 0 Å². The highest BCUT2D eigenvalue weighted by Crippen LogP contribution is 2.14. The van der Waals surface area contributed by atoms with Crippen LogP contribution in [0.25, 0.3) is 0 Å². The van der Waals surface area contributed by atoms with Gasteiger partial charge in [-0.1, -0.05) is 5.92 Å². The molecule has 0 aromatic carbocycles. The molecule has 0 amide bonds. The quantitative estimate of drug-likeness (QED) is 0.566. The number of halogens is 1. The van der Waals surface area contributed by atoms with Crippen molar-refractivity contribution in [1.82, 2.24) is 0 Å². The minimum absolute atomic E-state index is 0. The summed E-state index contributed by atoms with van der Waals surface area (Å²) in [6.45, 7) is 1.56. The van der Waals surface area contributed by atoms with Gasteiger partial charge < -0.3 is 10.5 Å². The fourth-order valence-corrected chi connectivity index (χ4v) is 0.972. The molecular formula is C7H12ClNO. The van der Waals surface area contributed by atoms with Crippen LogP contribution in [-0.2, 0) is 4.74 Å². The summed E-state index contributed by atoms with van der Waals surface area (Å²) in [4.78, 5) is 0. The normalized spacial score (nSPS) is 26.6. The molecule has 2 atom stereocenters. The summed E-state index contributed by atoms with van der Waals surface area (Å²) in [5.74, 6) is 2.90. The Balaban J connectivity index is 0.000000810. The molecule has 1 fully saturated rings. The second-order valence-electron chi connectivity index (χ2n) is 2.32. The molecule has 1 rings (SSSR count). The Morgan fingerprint density at radius 2 is 2.40 bits per heavy atom. The Hall–Kier alpha value is -0.230. The number of hydrogen-bond donors (Lipinski definition) is 1. The van der Waals surface area contributed by atoms with Crippen molar-refractivity contribution in [3.8, 4) is 12.3 Å². The largest absolute Gasteiger partial charge is 0.381 e. The summed E-state index contributed by atoms with van der Waals surface area (Å²) < 4.78 is 5.10. The first kappa shape index (κ1) is 9.77. The van der Waals surface area contributed by atoms with Crippen molar-refractivity contribution in [2.45, 2.75) is 12.5 Å². The van der Waals surface area contributed by atoms with Gasteiger partial charge in [-0.05, 0) is 6.42 Å². The molecule has 0 radical (unpaired) electrons. The third-order valence-electron chi connectivity index (χ3n) is 1.67. The van der Waals surface area contributed by atoms with Crippen LogP contribution in [0.3, 0.4) is 0 Å². The smallest absolute Gasteiger partial charge is 0.0713 e. The lowest BCUT2D eigenvalue weighted by molar-refractivity contribution is 0.184. The van der Waals surface area contributed by atoms with Crippen LogP contribution in [0.15, 0.2) is 0 Å². The Bertz CT molecular complexity index is 126. The topological polar surface area (TPSA) is 35.2 Å². The average Bonchev–Trinajstić information content (AvgIpc) is 2.37. The molecule has 2 nitrogen and oxygen atoms in total. The second-order valence-corrected chi connectivity index (χ2v) is 2.32. The maximum atomic E-state index is 5.56. The summed E-state index contributed by atoms with van der Waals surface area (Å²) in [5.41, 5.74) is 5.56. The monoisotopic (exact) mass is 161 g/mol. The molecule has 0 aromatic heterocycles. The molecule has 1 heterocycles. The third kappa shape index (κ3) is 2.18. The summed E-state index contributed by atoms with van der Waals surface area (Å²) in [5, 5.41) is 0. The summed E-state index contributed by atoms with van der Waals surface area (Å²) in [6.07, 6.45) is 6.14. The SMILES string of the molecule is C#CC(N)C1CCOC1.Cl. The summed E-state index contributed by atoms with van der Waals surface area (Å²) in [6, 6.07) is -0.104. The molecule has 0 saturated carbocycles. The van der Waals surface area contributed by atoms with E-state index in [2.05, 4.69) is 5.92 Å². The third-order valence-corrected chi connectivity index (χ3v) is 1.67. The number of ether oxygens (including phenoxy) is 1. The van der Waals surface area contributed by atoms with Crippen molar-refractivity contribution in [3.05, 3.63) is 0 Å². The predicted molar refractivity (Wildman–Crippen MR) is 43.0 cm³/mol. The first-order valence-electron chi connectivity index (χ1n) is 3.14. The second kappa shape index (κ2) is 4.56. The molecule has 0 bridgehead atoms. The zero-order chi connectivity index (χ0) is 6.69. The van der Waals surface area contributed by atoms with E-state index >= 15 is 0 Å². The van der Waals surface area contributed by atoms with Gasteiger partial charge in [-0.3, -0.25) is 0 Å². The van der Waals surface area contributed by atoms with E-state index in [1.807, 2.05) is 0 Å². The van der Waals surface area contributed by atoms with Crippen LogP contribution in [0.1, 0.15) is 6.42 Å². The summed E-state index contributed by atoms with van der Waals surface area (Å²) in [7, 11) is 0. The molecule has 1 saturated heterocycles. The van der Waals surface area contributed by atoms with Crippen molar-refractivity contribution in [3.63, 3.8) is 0 Å². The van der Waals surface area contributed by atoms with E-state index in [0.29, 0.717) is 5.92 Å². The number of nitrogens with two attached hydrogens (primary N) is 1. The van der Waals surface area contributed by atoms with Crippen molar-refractivity contribution in [2.24, 2.45) is 11.7 Å². The highest BCUT2D eigenvalue weighted by molar-refractivity contribution is 5.85. The van der Waals surface area contributed by atoms with Crippen molar-refractivity contribution < 1.29 is 4.74 Å². The van der Waals surface area contributed by atoms with Crippen molar-refractivity contribution >= 4 is 12.4 Å². The van der Waals surface area contributed by atoms with Gasteiger partial charge in [0.2, 0.25) is 0 Å². The molecule has 2 unspecified atom stereocenters. The number of terminal acetylenes is 1. The zero-order valence-corrected chi connectivity index (χ0v) is 6.56. The number of rotatable bonds is 1. The van der Waals surface area contributed by atoms with Gasteiger partial charge in [0.05, 0.1) is 12.6 Å². The fraction of sp³-hybridized carbons (Fsp3) is 0.714. The molecule has 0 aliphatic carbocycles. The van der Waals surface area contributed by atoms with E-state index in [-0.39, 0.29) is 18.4 Å². The van der Waals surface area contributed by atoms with Crippen LogP contribution in [0, 0.1) is 18.3 Å². The van der Waals surface area contributed by atoms with Crippen LogP contribution < -0.4 is 5.73 Å². The zero-order valence-electron chi connectivity index (χ0n) is 5.75. The van der Waals surface area contributed by atoms with Gasteiger partial charge in [0.25, 0.3) is 0 Å². The lowest BCUT2D eigenvalue weighted by Gasteiger charge is -2.09. The molecule has 2 N–H and O–H groups in total. The van der Waals surface area contributed by atoms with Crippen LogP contribution in [0.4, 0.5) is 0 Å². The van der Waals surface area contributed by atoms with Crippen LogP contribution in [-0.4, -0.2) is 19.3 Å². The van der Waals surface area contributed by atoms with Crippen LogP contribution in [0.5, 0.6) is 0 Å². The van der Waals surface area contributed by atoms with E-state index in [1.165, 1.54) is 0 Å². The molecule has 58 valence electrons. The Labute approximate surface area is 67.5 Å². The van der Waals surface area contributed by atoms with Gasteiger partial charge in [-0.15, -0.1) is 18.8 Å². The Kier molecular flexibility index (Phi) is 4.46. The number of hydrogen-bond acceptors (Lipinski definition) is 2. The molecule has 1 aliphatic rings. The molecule has 1 aliphatic heterocycles. The lowest BCUT2D eigenvalue weighted by atomic mass is 10.0. The molecule has 3 heteroatoms. The predicted octanol–water partition coefficient (Wildman–Crippen LogP) is 0.405. The molecule has 0 aromatic rings. The maximum Gasteiger partial charge on any atom is 0.0713 e. The minimum Gasteiger partial charge on any atom is -0.381 e. The molecular weight excluding hydrogens is 150 g/mol. The first-order chi connectivity index (χ1) is 4.34. The van der Waals surface area contributed by atoms with E-state index in [0.717, 1.165) is 19.6 Å². The fourth-order valence-electron chi connectivity index (χ4n) is 0.972. The van der Waals surface area contributed by atoms with Gasteiger partial charge in [0.15, 0.2) is 0 Å². The lowest BCUT2D eigenvalue weighted by Crippen LogP contribution is -2.28. The maximum absolute atomic E-state index is 5.56. The summed E-state index contributed by atoms with van der Waals surface area (Å²) >= 11 is 0.